The van der Waals surface area contributed by atoms with Crippen LogP contribution in [-0.4, -0.2) is 47.4 Å². The van der Waals surface area contributed by atoms with E-state index >= 15 is 0 Å². The first-order chi connectivity index (χ1) is 14.2. The molecule has 0 N–H and O–H groups in total. The molecule has 0 aromatic heterocycles. The average Bonchev–Trinajstić information content (AvgIpc) is 3.36. The van der Waals surface area contributed by atoms with Gasteiger partial charge in [0.2, 0.25) is 0 Å². The number of carbonyl (C=O) groups is 2. The van der Waals surface area contributed by atoms with Crippen LogP contribution in [0.3, 0.4) is 0 Å². The molecular formula is C24H26N2O3. The van der Waals surface area contributed by atoms with Crippen molar-refractivity contribution in [3.05, 3.63) is 77.5 Å². The molecular weight excluding hydrogens is 364 g/mol. The van der Waals surface area contributed by atoms with E-state index in [1.807, 2.05) is 72.5 Å². The minimum atomic E-state index is -0.224. The summed E-state index contributed by atoms with van der Waals surface area (Å²) >= 11 is 0. The van der Waals surface area contributed by atoms with Gasteiger partial charge < -0.3 is 9.64 Å². The fraction of sp³-hybridized carbons (Fsp3) is 0.333. The van der Waals surface area contributed by atoms with Crippen LogP contribution in [0.15, 0.2) is 66.4 Å². The zero-order valence-corrected chi connectivity index (χ0v) is 16.7. The lowest BCUT2D eigenvalue weighted by atomic mass is 10.0. The molecule has 2 heterocycles. The van der Waals surface area contributed by atoms with Crippen molar-refractivity contribution in [3.63, 3.8) is 0 Å². The molecule has 0 radical (unpaired) electrons. The van der Waals surface area contributed by atoms with Gasteiger partial charge in [0.15, 0.2) is 0 Å². The van der Waals surface area contributed by atoms with Crippen molar-refractivity contribution in [2.24, 2.45) is 0 Å². The molecule has 1 fully saturated rings. The maximum atomic E-state index is 13.4. The molecule has 2 aromatic rings. The highest BCUT2D eigenvalue weighted by molar-refractivity contribution is 6.35. The minimum absolute atomic E-state index is 0.0662. The Morgan fingerprint density at radius 3 is 2.31 bits per heavy atom. The molecule has 4 rings (SSSR count). The normalized spacial score (nSPS) is 19.3. The SMILES string of the molecule is CCN(Cc1ccccc1)C1=C(c2ccccc2)C(=O)N(CC2CCCO2)C1=O. The summed E-state index contributed by atoms with van der Waals surface area (Å²) in [5.74, 6) is -0.444. The molecule has 2 aliphatic rings. The van der Waals surface area contributed by atoms with E-state index in [1.165, 1.54) is 4.90 Å². The molecule has 5 heteroatoms. The second kappa shape index (κ2) is 8.62. The number of benzene rings is 2. The molecule has 1 unspecified atom stereocenters. The number of likely N-dealkylation sites (N-methyl/N-ethyl adjacent to an activating group) is 1. The smallest absolute Gasteiger partial charge is 0.277 e. The number of carbonyl (C=O) groups excluding carboxylic acids is 2. The Morgan fingerprint density at radius 2 is 1.69 bits per heavy atom. The Labute approximate surface area is 171 Å². The van der Waals surface area contributed by atoms with Gasteiger partial charge in [0.25, 0.3) is 11.8 Å². The fourth-order valence-corrected chi connectivity index (χ4v) is 4.03. The van der Waals surface area contributed by atoms with Crippen LogP contribution < -0.4 is 0 Å². The number of ether oxygens (including phenoxy) is 1. The average molecular weight is 390 g/mol. The van der Waals surface area contributed by atoms with Gasteiger partial charge in [-0.1, -0.05) is 60.7 Å². The summed E-state index contributed by atoms with van der Waals surface area (Å²) in [4.78, 5) is 30.2. The van der Waals surface area contributed by atoms with Gasteiger partial charge in [-0.2, -0.15) is 0 Å². The Hall–Kier alpha value is -2.92. The number of hydrogen-bond donors (Lipinski definition) is 0. The van der Waals surface area contributed by atoms with Crippen molar-refractivity contribution < 1.29 is 14.3 Å². The van der Waals surface area contributed by atoms with Crippen molar-refractivity contribution in [1.82, 2.24) is 9.80 Å². The van der Waals surface area contributed by atoms with E-state index in [4.69, 9.17) is 4.74 Å². The number of amides is 2. The molecule has 29 heavy (non-hydrogen) atoms. The third-order valence-electron chi connectivity index (χ3n) is 5.53. The minimum Gasteiger partial charge on any atom is -0.376 e. The van der Waals surface area contributed by atoms with Crippen molar-refractivity contribution >= 4 is 17.4 Å². The first kappa shape index (κ1) is 19.4. The maximum Gasteiger partial charge on any atom is 0.277 e. The lowest BCUT2D eigenvalue weighted by Gasteiger charge is -2.25. The quantitative estimate of drug-likeness (QED) is 0.680. The first-order valence-corrected chi connectivity index (χ1v) is 10.3. The number of hydrogen-bond acceptors (Lipinski definition) is 4. The van der Waals surface area contributed by atoms with Crippen LogP contribution in [0.1, 0.15) is 30.9 Å². The lowest BCUT2D eigenvalue weighted by molar-refractivity contribution is -0.139. The van der Waals surface area contributed by atoms with Crippen LogP contribution in [-0.2, 0) is 20.9 Å². The van der Waals surface area contributed by atoms with Crippen LogP contribution in [0.4, 0.5) is 0 Å². The van der Waals surface area contributed by atoms with Gasteiger partial charge in [-0.05, 0) is 30.9 Å². The summed E-state index contributed by atoms with van der Waals surface area (Å²) in [6.07, 6.45) is 1.79. The third kappa shape index (κ3) is 3.96. The van der Waals surface area contributed by atoms with Crippen molar-refractivity contribution in [2.75, 3.05) is 19.7 Å². The summed E-state index contributed by atoms with van der Waals surface area (Å²) in [5, 5.41) is 0. The number of rotatable bonds is 7. The molecule has 5 nitrogen and oxygen atoms in total. The van der Waals surface area contributed by atoms with Gasteiger partial charge in [-0.15, -0.1) is 0 Å². The van der Waals surface area contributed by atoms with Crippen molar-refractivity contribution in [2.45, 2.75) is 32.4 Å². The summed E-state index contributed by atoms with van der Waals surface area (Å²) in [6, 6.07) is 19.5. The standard InChI is InChI=1S/C24H26N2O3/c1-2-25(16-18-10-5-3-6-11-18)22-21(19-12-7-4-8-13-19)23(27)26(24(22)28)17-20-14-9-15-29-20/h3-8,10-13,20H,2,9,14-17H2,1H3. The Balaban J connectivity index is 1.71. The van der Waals surface area contributed by atoms with E-state index < -0.39 is 0 Å². The number of imide groups is 1. The maximum absolute atomic E-state index is 13.4. The van der Waals surface area contributed by atoms with Crippen LogP contribution in [0.25, 0.3) is 5.57 Å². The van der Waals surface area contributed by atoms with Crippen molar-refractivity contribution in [1.29, 1.82) is 0 Å². The zero-order valence-electron chi connectivity index (χ0n) is 16.7. The molecule has 0 spiro atoms. The Kier molecular flexibility index (Phi) is 5.76. The molecule has 2 amide bonds. The van der Waals surface area contributed by atoms with E-state index in [0.717, 1.165) is 24.0 Å². The second-order valence-electron chi connectivity index (χ2n) is 7.45. The predicted octanol–water partition coefficient (Wildman–Crippen LogP) is 3.47. The van der Waals surface area contributed by atoms with Gasteiger partial charge in [0, 0.05) is 19.7 Å². The third-order valence-corrected chi connectivity index (χ3v) is 5.53. The van der Waals surface area contributed by atoms with Gasteiger partial charge in [0.05, 0.1) is 18.2 Å². The highest BCUT2D eigenvalue weighted by Gasteiger charge is 2.42. The van der Waals surface area contributed by atoms with E-state index in [9.17, 15) is 9.59 Å². The van der Waals surface area contributed by atoms with Crippen molar-refractivity contribution in [3.8, 4) is 0 Å². The fourth-order valence-electron chi connectivity index (χ4n) is 4.03. The summed E-state index contributed by atoms with van der Waals surface area (Å²) < 4.78 is 5.69. The topological polar surface area (TPSA) is 49.9 Å². The monoisotopic (exact) mass is 390 g/mol. The summed E-state index contributed by atoms with van der Waals surface area (Å²) in [5.41, 5.74) is 2.87. The molecule has 1 saturated heterocycles. The molecule has 2 aromatic carbocycles. The molecule has 0 bridgehead atoms. The van der Waals surface area contributed by atoms with Gasteiger partial charge in [0.1, 0.15) is 5.70 Å². The van der Waals surface area contributed by atoms with Crippen LogP contribution in [0, 0.1) is 0 Å². The molecule has 0 saturated carbocycles. The lowest BCUT2D eigenvalue weighted by Crippen LogP contribution is -2.39. The van der Waals surface area contributed by atoms with E-state index in [1.54, 1.807) is 0 Å². The van der Waals surface area contributed by atoms with Gasteiger partial charge in [-0.25, -0.2) is 0 Å². The van der Waals surface area contributed by atoms with Crippen LogP contribution in [0.5, 0.6) is 0 Å². The molecule has 1 atom stereocenters. The molecule has 0 aliphatic carbocycles. The highest BCUT2D eigenvalue weighted by atomic mass is 16.5. The van der Waals surface area contributed by atoms with Crippen LogP contribution >= 0.6 is 0 Å². The summed E-state index contributed by atoms with van der Waals surface area (Å²) in [6.45, 7) is 4.24. The van der Waals surface area contributed by atoms with Crippen LogP contribution in [0.2, 0.25) is 0 Å². The zero-order chi connectivity index (χ0) is 20.2. The van der Waals surface area contributed by atoms with Gasteiger partial charge in [-0.3, -0.25) is 14.5 Å². The molecule has 2 aliphatic heterocycles. The Bertz CT molecular complexity index is 902. The summed E-state index contributed by atoms with van der Waals surface area (Å²) in [7, 11) is 0. The predicted molar refractivity (Wildman–Crippen MR) is 112 cm³/mol. The van der Waals surface area contributed by atoms with Gasteiger partial charge >= 0.3 is 0 Å². The number of nitrogens with zero attached hydrogens (tertiary/aromatic N) is 2. The second-order valence-corrected chi connectivity index (χ2v) is 7.45. The Morgan fingerprint density at radius 1 is 1.00 bits per heavy atom. The van der Waals surface area contributed by atoms with E-state index in [2.05, 4.69) is 0 Å². The van der Waals surface area contributed by atoms with E-state index in [0.29, 0.717) is 37.5 Å². The largest absolute Gasteiger partial charge is 0.376 e. The highest BCUT2D eigenvalue weighted by Crippen LogP contribution is 2.33. The molecule has 150 valence electrons. The van der Waals surface area contributed by atoms with E-state index in [-0.39, 0.29) is 17.9 Å². The first-order valence-electron chi connectivity index (χ1n) is 10.3.